The summed E-state index contributed by atoms with van der Waals surface area (Å²) in [5, 5.41) is 6.83. The second-order valence-corrected chi connectivity index (χ2v) is 8.31. The molecule has 0 radical (unpaired) electrons. The van der Waals surface area contributed by atoms with Crippen LogP contribution in [0.4, 0.5) is 5.69 Å². The fourth-order valence-electron chi connectivity index (χ4n) is 3.05. The zero-order valence-corrected chi connectivity index (χ0v) is 15.2. The molecule has 1 aliphatic carbocycles. The van der Waals surface area contributed by atoms with Gasteiger partial charge in [-0.15, -0.1) is 0 Å². The molecule has 1 aliphatic rings. The summed E-state index contributed by atoms with van der Waals surface area (Å²) in [5.74, 6) is 0. The van der Waals surface area contributed by atoms with E-state index >= 15 is 0 Å². The highest BCUT2D eigenvalue weighted by Crippen LogP contribution is 2.23. The van der Waals surface area contributed by atoms with Crippen LogP contribution in [0, 0.1) is 0 Å². The molecule has 2 aromatic rings. The monoisotopic (exact) mass is 362 g/mol. The second-order valence-electron chi connectivity index (χ2n) is 6.43. The second kappa shape index (κ2) is 6.97. The van der Waals surface area contributed by atoms with E-state index in [9.17, 15) is 13.2 Å². The van der Waals surface area contributed by atoms with E-state index in [1.807, 2.05) is 6.07 Å². The minimum Gasteiger partial charge on any atom is -0.271 e. The minimum atomic E-state index is -3.54. The van der Waals surface area contributed by atoms with Crippen LogP contribution in [0.3, 0.4) is 0 Å². The molecule has 0 aliphatic heterocycles. The lowest BCUT2D eigenvalue weighted by Gasteiger charge is -2.17. The largest absolute Gasteiger partial charge is 0.301 e. The van der Waals surface area contributed by atoms with E-state index < -0.39 is 10.2 Å². The summed E-state index contributed by atoms with van der Waals surface area (Å²) < 4.78 is 27.6. The number of aromatic nitrogens is 2. The van der Waals surface area contributed by atoms with Gasteiger partial charge in [-0.1, -0.05) is 12.1 Å². The van der Waals surface area contributed by atoms with Crippen molar-refractivity contribution in [2.45, 2.75) is 32.1 Å². The van der Waals surface area contributed by atoms with Crippen molar-refractivity contribution in [1.29, 1.82) is 0 Å². The molecule has 0 bridgehead atoms. The predicted molar refractivity (Wildman–Crippen MR) is 97.0 cm³/mol. The number of hydrogen-bond donors (Lipinski definition) is 2. The first-order valence-electron chi connectivity index (χ1n) is 8.25. The van der Waals surface area contributed by atoms with Crippen LogP contribution in [-0.4, -0.2) is 37.0 Å². The molecular weight excluding hydrogens is 340 g/mol. The molecule has 0 saturated carbocycles. The van der Waals surface area contributed by atoms with Gasteiger partial charge in [-0.2, -0.15) is 17.8 Å². The van der Waals surface area contributed by atoms with Crippen LogP contribution < -0.4 is 10.3 Å². The molecule has 1 aromatic heterocycles. The highest BCUT2D eigenvalue weighted by Gasteiger charge is 2.18. The standard InChI is InChI=1S/C17H22N4O3S/c1-21(2)25(23,24)20-13-7-5-6-12(10-13)11-16-14-8-3-4-9-15(14)17(22)19-18-16/h5-7,10,20H,3-4,8-9,11H2,1-2H3,(H,19,22). The van der Waals surface area contributed by atoms with Gasteiger partial charge in [0, 0.05) is 26.1 Å². The number of H-pyrrole nitrogens is 1. The Hall–Kier alpha value is -2.19. The highest BCUT2D eigenvalue weighted by atomic mass is 32.2. The van der Waals surface area contributed by atoms with Gasteiger partial charge in [0.05, 0.1) is 11.4 Å². The van der Waals surface area contributed by atoms with Gasteiger partial charge in [0.15, 0.2) is 0 Å². The summed E-state index contributed by atoms with van der Waals surface area (Å²) in [4.78, 5) is 11.9. The first kappa shape index (κ1) is 17.6. The van der Waals surface area contributed by atoms with Gasteiger partial charge in [-0.25, -0.2) is 5.10 Å². The van der Waals surface area contributed by atoms with E-state index in [1.54, 1.807) is 18.2 Å². The molecule has 8 heteroatoms. The Balaban J connectivity index is 1.88. The van der Waals surface area contributed by atoms with Crippen molar-refractivity contribution >= 4 is 15.9 Å². The van der Waals surface area contributed by atoms with Crippen molar-refractivity contribution in [1.82, 2.24) is 14.5 Å². The van der Waals surface area contributed by atoms with E-state index in [4.69, 9.17) is 0 Å². The Morgan fingerprint density at radius 3 is 2.64 bits per heavy atom. The third-order valence-corrected chi connectivity index (χ3v) is 5.86. The van der Waals surface area contributed by atoms with E-state index in [1.165, 1.54) is 14.1 Å². The molecule has 0 amide bonds. The van der Waals surface area contributed by atoms with Crippen LogP contribution in [0.1, 0.15) is 35.2 Å². The lowest BCUT2D eigenvalue weighted by molar-refractivity contribution is 0.527. The summed E-state index contributed by atoms with van der Waals surface area (Å²) in [6.45, 7) is 0. The average molecular weight is 362 g/mol. The Kier molecular flexibility index (Phi) is 4.91. The summed E-state index contributed by atoms with van der Waals surface area (Å²) >= 11 is 0. The number of fused-ring (bicyclic) bond motifs is 1. The Labute approximate surface area is 147 Å². The van der Waals surface area contributed by atoms with Crippen LogP contribution in [0.15, 0.2) is 29.1 Å². The van der Waals surface area contributed by atoms with Crippen molar-refractivity contribution in [2.75, 3.05) is 18.8 Å². The summed E-state index contributed by atoms with van der Waals surface area (Å²) in [6.07, 6.45) is 4.31. The number of aromatic amines is 1. The van der Waals surface area contributed by atoms with Gasteiger partial charge in [0.2, 0.25) is 0 Å². The van der Waals surface area contributed by atoms with E-state index in [-0.39, 0.29) is 5.56 Å². The molecule has 3 rings (SSSR count). The van der Waals surface area contributed by atoms with Gasteiger partial charge < -0.3 is 0 Å². The topological polar surface area (TPSA) is 95.2 Å². The van der Waals surface area contributed by atoms with Gasteiger partial charge in [0.1, 0.15) is 0 Å². The van der Waals surface area contributed by atoms with Crippen molar-refractivity contribution in [2.24, 2.45) is 0 Å². The van der Waals surface area contributed by atoms with Crippen molar-refractivity contribution in [3.63, 3.8) is 0 Å². The summed E-state index contributed by atoms with van der Waals surface area (Å²) in [5.41, 5.74) is 4.11. The normalized spacial score (nSPS) is 14.4. The number of anilines is 1. The Morgan fingerprint density at radius 1 is 1.20 bits per heavy atom. The first-order chi connectivity index (χ1) is 11.9. The highest BCUT2D eigenvalue weighted by molar-refractivity contribution is 7.90. The molecule has 0 fully saturated rings. The number of nitrogens with zero attached hydrogens (tertiary/aromatic N) is 2. The lowest BCUT2D eigenvalue weighted by Crippen LogP contribution is -2.28. The lowest BCUT2D eigenvalue weighted by atomic mass is 9.90. The molecule has 0 saturated heterocycles. The molecule has 2 N–H and O–H groups in total. The zero-order valence-electron chi connectivity index (χ0n) is 14.4. The fourth-order valence-corrected chi connectivity index (χ4v) is 3.66. The first-order valence-corrected chi connectivity index (χ1v) is 9.69. The number of hydrogen-bond acceptors (Lipinski definition) is 4. The van der Waals surface area contributed by atoms with Gasteiger partial charge >= 0.3 is 10.2 Å². The SMILES string of the molecule is CN(C)S(=O)(=O)Nc1cccc(Cc2n[nH]c(=O)c3c2CCCC3)c1. The fraction of sp³-hybridized carbons (Fsp3) is 0.412. The Bertz CT molecular complexity index is 935. The van der Waals surface area contributed by atoms with Crippen LogP contribution >= 0.6 is 0 Å². The number of benzene rings is 1. The smallest absolute Gasteiger partial charge is 0.271 e. The van der Waals surface area contributed by atoms with Crippen LogP contribution in [0.2, 0.25) is 0 Å². The molecule has 0 spiro atoms. The Morgan fingerprint density at radius 2 is 1.92 bits per heavy atom. The van der Waals surface area contributed by atoms with Crippen LogP contribution in [0.25, 0.3) is 0 Å². The maximum Gasteiger partial charge on any atom is 0.301 e. The molecule has 0 unspecified atom stereocenters. The maximum absolute atomic E-state index is 12.0. The quantitative estimate of drug-likeness (QED) is 0.842. The predicted octanol–water partition coefficient (Wildman–Crippen LogP) is 1.46. The van der Waals surface area contributed by atoms with Crippen molar-refractivity contribution in [3.05, 3.63) is 57.0 Å². The van der Waals surface area contributed by atoms with Gasteiger partial charge in [-0.05, 0) is 48.9 Å². The third kappa shape index (κ3) is 3.91. The molecule has 0 atom stereocenters. The van der Waals surface area contributed by atoms with Crippen LogP contribution in [0.5, 0.6) is 0 Å². The maximum atomic E-state index is 12.0. The minimum absolute atomic E-state index is 0.0917. The molecule has 1 heterocycles. The summed E-state index contributed by atoms with van der Waals surface area (Å²) in [6, 6.07) is 7.24. The average Bonchev–Trinajstić information content (AvgIpc) is 2.57. The van der Waals surface area contributed by atoms with Crippen LogP contribution in [-0.2, 0) is 29.5 Å². The van der Waals surface area contributed by atoms with Crippen molar-refractivity contribution < 1.29 is 8.42 Å². The molecule has 25 heavy (non-hydrogen) atoms. The van der Waals surface area contributed by atoms with E-state index in [2.05, 4.69) is 14.9 Å². The van der Waals surface area contributed by atoms with Gasteiger partial charge in [-0.3, -0.25) is 9.52 Å². The third-order valence-electron chi connectivity index (χ3n) is 4.41. The van der Waals surface area contributed by atoms with E-state index in [0.29, 0.717) is 12.1 Å². The molecule has 7 nitrogen and oxygen atoms in total. The summed E-state index contributed by atoms with van der Waals surface area (Å²) in [7, 11) is -0.591. The van der Waals surface area contributed by atoms with Gasteiger partial charge in [0.25, 0.3) is 5.56 Å². The van der Waals surface area contributed by atoms with Crippen molar-refractivity contribution in [3.8, 4) is 0 Å². The number of rotatable bonds is 5. The molecule has 134 valence electrons. The number of nitrogens with one attached hydrogen (secondary N) is 2. The van der Waals surface area contributed by atoms with E-state index in [0.717, 1.165) is 52.4 Å². The zero-order chi connectivity index (χ0) is 18.0. The molecular formula is C17H22N4O3S. The molecule has 1 aromatic carbocycles.